The van der Waals surface area contributed by atoms with Gasteiger partial charge in [0.25, 0.3) is 0 Å². The number of nitrogens with zero attached hydrogens (tertiary/aromatic N) is 2. The third-order valence-corrected chi connectivity index (χ3v) is 6.83. The standard InChI is InChI=1S/C24H31Cl2N3O4S/c1-6-21(23(31)27-24(2,3)4)28(15-17-10-8-7-9-11-17)22(30)16-29(34(5,32)33)18-12-13-19(25)20(26)14-18/h7-14,21H,6,15-16H2,1-5H3,(H,27,31)/t21-/m1/s1. The Balaban J connectivity index is 2.45. The predicted molar refractivity (Wildman–Crippen MR) is 138 cm³/mol. The number of halogens is 2. The van der Waals surface area contributed by atoms with Crippen LogP contribution in [0, 0.1) is 0 Å². The molecule has 0 saturated carbocycles. The molecule has 7 nitrogen and oxygen atoms in total. The van der Waals surface area contributed by atoms with Crippen LogP contribution in [0.5, 0.6) is 0 Å². The Bertz CT molecular complexity index is 1120. The van der Waals surface area contributed by atoms with Crippen molar-refractivity contribution in [1.29, 1.82) is 0 Å². The summed E-state index contributed by atoms with van der Waals surface area (Å²) in [5.41, 5.74) is 0.528. The molecule has 0 aromatic heterocycles. The molecule has 0 aliphatic rings. The minimum Gasteiger partial charge on any atom is -0.350 e. The summed E-state index contributed by atoms with van der Waals surface area (Å²) in [5.74, 6) is -0.823. The van der Waals surface area contributed by atoms with Gasteiger partial charge in [-0.1, -0.05) is 60.5 Å². The lowest BCUT2D eigenvalue weighted by molar-refractivity contribution is -0.141. The maximum Gasteiger partial charge on any atom is 0.244 e. The largest absolute Gasteiger partial charge is 0.350 e. The first-order valence-corrected chi connectivity index (χ1v) is 13.4. The van der Waals surface area contributed by atoms with E-state index in [4.69, 9.17) is 23.2 Å². The minimum atomic E-state index is -3.85. The maximum absolute atomic E-state index is 13.6. The van der Waals surface area contributed by atoms with E-state index in [0.29, 0.717) is 6.42 Å². The van der Waals surface area contributed by atoms with Crippen LogP contribution in [0.3, 0.4) is 0 Å². The molecule has 10 heteroatoms. The maximum atomic E-state index is 13.6. The van der Waals surface area contributed by atoms with Crippen molar-refractivity contribution in [2.75, 3.05) is 17.1 Å². The zero-order valence-corrected chi connectivity index (χ0v) is 22.3. The van der Waals surface area contributed by atoms with E-state index in [2.05, 4.69) is 5.32 Å². The molecule has 0 radical (unpaired) electrons. The van der Waals surface area contributed by atoms with Crippen LogP contribution >= 0.6 is 23.2 Å². The monoisotopic (exact) mass is 527 g/mol. The molecular weight excluding hydrogens is 497 g/mol. The molecule has 0 aliphatic heterocycles. The topological polar surface area (TPSA) is 86.8 Å². The molecule has 1 N–H and O–H groups in total. The highest BCUT2D eigenvalue weighted by atomic mass is 35.5. The van der Waals surface area contributed by atoms with E-state index in [1.165, 1.54) is 23.1 Å². The van der Waals surface area contributed by atoms with E-state index in [-0.39, 0.29) is 28.2 Å². The summed E-state index contributed by atoms with van der Waals surface area (Å²) in [6.07, 6.45) is 1.36. The molecule has 2 aromatic carbocycles. The van der Waals surface area contributed by atoms with Gasteiger partial charge in [0, 0.05) is 12.1 Å². The summed E-state index contributed by atoms with van der Waals surface area (Å²) in [4.78, 5) is 28.1. The number of hydrogen-bond acceptors (Lipinski definition) is 4. The van der Waals surface area contributed by atoms with E-state index in [9.17, 15) is 18.0 Å². The van der Waals surface area contributed by atoms with Crippen molar-refractivity contribution in [2.24, 2.45) is 0 Å². The predicted octanol–water partition coefficient (Wildman–Crippen LogP) is 4.48. The van der Waals surface area contributed by atoms with Gasteiger partial charge in [-0.2, -0.15) is 0 Å². The van der Waals surface area contributed by atoms with Gasteiger partial charge >= 0.3 is 0 Å². The SMILES string of the molecule is CC[C@H](C(=O)NC(C)(C)C)N(Cc1ccccc1)C(=O)CN(c1ccc(Cl)c(Cl)c1)S(C)(=O)=O. The van der Waals surface area contributed by atoms with Crippen LogP contribution in [0.2, 0.25) is 10.0 Å². The highest BCUT2D eigenvalue weighted by Gasteiger charge is 2.33. The van der Waals surface area contributed by atoms with Gasteiger partial charge in [-0.15, -0.1) is 0 Å². The van der Waals surface area contributed by atoms with Crippen LogP contribution in [-0.2, 0) is 26.2 Å². The lowest BCUT2D eigenvalue weighted by Crippen LogP contribution is -2.55. The van der Waals surface area contributed by atoms with Crippen molar-refractivity contribution in [3.63, 3.8) is 0 Å². The lowest BCUT2D eigenvalue weighted by atomic mass is 10.1. The summed E-state index contributed by atoms with van der Waals surface area (Å²) >= 11 is 12.1. The fourth-order valence-electron chi connectivity index (χ4n) is 3.41. The first-order chi connectivity index (χ1) is 15.7. The lowest BCUT2D eigenvalue weighted by Gasteiger charge is -2.34. The quantitative estimate of drug-likeness (QED) is 0.520. The third kappa shape index (κ3) is 7.89. The molecule has 0 bridgehead atoms. The highest BCUT2D eigenvalue weighted by molar-refractivity contribution is 7.92. The van der Waals surface area contributed by atoms with Crippen molar-refractivity contribution in [3.05, 3.63) is 64.1 Å². The van der Waals surface area contributed by atoms with Crippen LogP contribution in [0.25, 0.3) is 0 Å². The number of hydrogen-bond donors (Lipinski definition) is 1. The van der Waals surface area contributed by atoms with E-state index in [1.54, 1.807) is 0 Å². The second-order valence-electron chi connectivity index (χ2n) is 9.04. The number of carbonyl (C=O) groups excluding carboxylic acids is 2. The first kappa shape index (κ1) is 28.0. The minimum absolute atomic E-state index is 0.148. The molecule has 186 valence electrons. The van der Waals surface area contributed by atoms with Crippen LogP contribution < -0.4 is 9.62 Å². The van der Waals surface area contributed by atoms with Crippen molar-refractivity contribution >= 4 is 50.7 Å². The second-order valence-corrected chi connectivity index (χ2v) is 11.8. The van der Waals surface area contributed by atoms with Crippen LogP contribution in [0.4, 0.5) is 5.69 Å². The summed E-state index contributed by atoms with van der Waals surface area (Å²) in [7, 11) is -3.85. The molecule has 0 heterocycles. The molecule has 34 heavy (non-hydrogen) atoms. The fraction of sp³-hybridized carbons (Fsp3) is 0.417. The number of carbonyl (C=O) groups is 2. The van der Waals surface area contributed by atoms with Crippen molar-refractivity contribution in [2.45, 2.75) is 52.2 Å². The molecule has 0 aliphatic carbocycles. The molecule has 2 aromatic rings. The summed E-state index contributed by atoms with van der Waals surface area (Å²) in [5, 5.41) is 3.35. The Morgan fingerprint density at radius 2 is 1.65 bits per heavy atom. The highest BCUT2D eigenvalue weighted by Crippen LogP contribution is 2.28. The molecular formula is C24H31Cl2N3O4S. The smallest absolute Gasteiger partial charge is 0.244 e. The Hall–Kier alpha value is -2.29. The van der Waals surface area contributed by atoms with Crippen molar-refractivity contribution < 1.29 is 18.0 Å². The number of nitrogens with one attached hydrogen (secondary N) is 1. The van der Waals surface area contributed by atoms with E-state index in [0.717, 1.165) is 16.1 Å². The van der Waals surface area contributed by atoms with Gasteiger partial charge in [-0.25, -0.2) is 8.42 Å². The molecule has 2 rings (SSSR count). The number of amides is 2. The Morgan fingerprint density at radius 3 is 2.15 bits per heavy atom. The Labute approximate surface area is 212 Å². The van der Waals surface area contributed by atoms with Crippen molar-refractivity contribution in [3.8, 4) is 0 Å². The number of anilines is 1. The zero-order valence-electron chi connectivity index (χ0n) is 20.0. The zero-order chi connectivity index (χ0) is 25.7. The van der Waals surface area contributed by atoms with Crippen molar-refractivity contribution in [1.82, 2.24) is 10.2 Å². The molecule has 0 unspecified atom stereocenters. The number of sulfonamides is 1. The van der Waals surface area contributed by atoms with Crippen LogP contribution in [0.15, 0.2) is 48.5 Å². The average molecular weight is 529 g/mol. The van der Waals surface area contributed by atoms with Gasteiger partial charge in [0.05, 0.1) is 22.0 Å². The summed E-state index contributed by atoms with van der Waals surface area (Å²) in [6.45, 7) is 7.03. The van der Waals surface area contributed by atoms with Crippen LogP contribution in [-0.4, -0.2) is 49.5 Å². The van der Waals surface area contributed by atoms with Gasteiger partial charge in [0.2, 0.25) is 21.8 Å². The number of rotatable bonds is 9. The fourth-order valence-corrected chi connectivity index (χ4v) is 4.54. The molecule has 0 saturated heterocycles. The second kappa shape index (κ2) is 11.4. The third-order valence-electron chi connectivity index (χ3n) is 4.95. The number of benzene rings is 2. The molecule has 2 amide bonds. The molecule has 0 fully saturated rings. The van der Waals surface area contributed by atoms with Gasteiger partial charge < -0.3 is 10.2 Å². The first-order valence-electron chi connectivity index (χ1n) is 10.8. The Morgan fingerprint density at radius 1 is 1.03 bits per heavy atom. The Kier molecular flexibility index (Phi) is 9.39. The summed E-state index contributed by atoms with van der Waals surface area (Å²) < 4.78 is 26.2. The van der Waals surface area contributed by atoms with Crippen LogP contribution in [0.1, 0.15) is 39.7 Å². The average Bonchev–Trinajstić information content (AvgIpc) is 2.72. The van der Waals surface area contributed by atoms with E-state index < -0.39 is 34.1 Å². The van der Waals surface area contributed by atoms with Gasteiger partial charge in [0.1, 0.15) is 12.6 Å². The normalized spacial score (nSPS) is 12.7. The van der Waals surface area contributed by atoms with E-state index >= 15 is 0 Å². The van der Waals surface area contributed by atoms with Gasteiger partial charge in [-0.05, 0) is 51.0 Å². The molecule has 0 spiro atoms. The van der Waals surface area contributed by atoms with Gasteiger partial charge in [0.15, 0.2) is 0 Å². The van der Waals surface area contributed by atoms with E-state index in [1.807, 2.05) is 58.0 Å². The van der Waals surface area contributed by atoms with Gasteiger partial charge in [-0.3, -0.25) is 13.9 Å². The summed E-state index contributed by atoms with van der Waals surface area (Å²) in [6, 6.07) is 12.8. The molecule has 1 atom stereocenters.